The average molecular weight is 193 g/mol. The van der Waals surface area contributed by atoms with Gasteiger partial charge in [0.2, 0.25) is 0 Å². The van der Waals surface area contributed by atoms with Crippen LogP contribution in [0.25, 0.3) is 0 Å². The maximum absolute atomic E-state index is 12.9. The van der Waals surface area contributed by atoms with Crippen LogP contribution < -0.4 is 5.32 Å². The van der Waals surface area contributed by atoms with Crippen LogP contribution in [0.3, 0.4) is 0 Å². The van der Waals surface area contributed by atoms with Gasteiger partial charge in [-0.25, -0.2) is 4.39 Å². The molecule has 0 aromatic heterocycles. The van der Waals surface area contributed by atoms with Crippen molar-refractivity contribution in [1.82, 2.24) is 0 Å². The van der Waals surface area contributed by atoms with Crippen molar-refractivity contribution in [3.63, 3.8) is 0 Å². The van der Waals surface area contributed by atoms with Gasteiger partial charge >= 0.3 is 0 Å². The number of benzene rings is 1. The van der Waals surface area contributed by atoms with Crippen LogP contribution in [-0.2, 0) is 0 Å². The van der Waals surface area contributed by atoms with Crippen molar-refractivity contribution in [3.05, 3.63) is 29.6 Å². The summed E-state index contributed by atoms with van der Waals surface area (Å²) in [6.45, 7) is 2.03. The lowest BCUT2D eigenvalue weighted by atomic mass is 9.95. The van der Waals surface area contributed by atoms with Gasteiger partial charge in [0.05, 0.1) is 0 Å². The molecule has 1 N–H and O–H groups in total. The Morgan fingerprint density at radius 3 is 3.07 bits per heavy atom. The Morgan fingerprint density at radius 2 is 2.36 bits per heavy atom. The van der Waals surface area contributed by atoms with Crippen LogP contribution in [0.1, 0.15) is 30.1 Å². The maximum Gasteiger partial charge on any atom is 0.167 e. The van der Waals surface area contributed by atoms with E-state index >= 15 is 0 Å². The summed E-state index contributed by atoms with van der Waals surface area (Å²) < 4.78 is 12.9. The molecule has 74 valence electrons. The summed E-state index contributed by atoms with van der Waals surface area (Å²) in [6.07, 6.45) is 1.37. The van der Waals surface area contributed by atoms with Gasteiger partial charge in [-0.2, -0.15) is 0 Å². The SMILES string of the molecule is CCC1CC(=O)c2cc(F)ccc2N1. The molecule has 0 saturated carbocycles. The third kappa shape index (κ3) is 1.50. The number of anilines is 1. The van der Waals surface area contributed by atoms with Gasteiger partial charge in [0.15, 0.2) is 5.78 Å². The van der Waals surface area contributed by atoms with Crippen LogP contribution in [0, 0.1) is 5.82 Å². The van der Waals surface area contributed by atoms with E-state index in [2.05, 4.69) is 5.32 Å². The molecule has 0 radical (unpaired) electrons. The molecule has 2 rings (SSSR count). The average Bonchev–Trinajstić information content (AvgIpc) is 2.19. The molecule has 1 atom stereocenters. The summed E-state index contributed by atoms with van der Waals surface area (Å²) in [7, 11) is 0. The number of nitrogens with one attached hydrogen (secondary N) is 1. The molecule has 2 nitrogen and oxygen atoms in total. The fourth-order valence-corrected chi connectivity index (χ4v) is 1.72. The number of carbonyl (C=O) groups excluding carboxylic acids is 1. The minimum atomic E-state index is -0.353. The Labute approximate surface area is 82.1 Å². The summed E-state index contributed by atoms with van der Waals surface area (Å²) >= 11 is 0. The fraction of sp³-hybridized carbons (Fsp3) is 0.364. The first-order chi connectivity index (χ1) is 6.70. The van der Waals surface area contributed by atoms with Crippen LogP contribution >= 0.6 is 0 Å². The number of halogens is 1. The molecule has 0 aliphatic carbocycles. The second-order valence-electron chi connectivity index (χ2n) is 3.57. The highest BCUT2D eigenvalue weighted by atomic mass is 19.1. The Bertz CT molecular complexity index is 376. The number of hydrogen-bond donors (Lipinski definition) is 1. The molecular weight excluding hydrogens is 181 g/mol. The lowest BCUT2D eigenvalue weighted by Gasteiger charge is -2.24. The van der Waals surface area contributed by atoms with E-state index in [0.29, 0.717) is 12.0 Å². The van der Waals surface area contributed by atoms with Gasteiger partial charge in [-0.15, -0.1) is 0 Å². The molecule has 0 fully saturated rings. The monoisotopic (exact) mass is 193 g/mol. The standard InChI is InChI=1S/C11H12FNO/c1-2-8-6-11(14)9-5-7(12)3-4-10(9)13-8/h3-5,8,13H,2,6H2,1H3. The number of fused-ring (bicyclic) bond motifs is 1. The fourth-order valence-electron chi connectivity index (χ4n) is 1.72. The van der Waals surface area contributed by atoms with Crippen molar-refractivity contribution in [2.75, 3.05) is 5.32 Å². The van der Waals surface area contributed by atoms with Gasteiger partial charge in [0, 0.05) is 23.7 Å². The topological polar surface area (TPSA) is 29.1 Å². The third-order valence-corrected chi connectivity index (χ3v) is 2.57. The zero-order valence-electron chi connectivity index (χ0n) is 8.01. The molecule has 0 spiro atoms. The molecule has 1 aromatic rings. The summed E-state index contributed by atoms with van der Waals surface area (Å²) in [4.78, 5) is 11.6. The normalized spacial score (nSPS) is 20.1. The number of carbonyl (C=O) groups is 1. The van der Waals surface area contributed by atoms with Crippen molar-refractivity contribution < 1.29 is 9.18 Å². The highest BCUT2D eigenvalue weighted by Gasteiger charge is 2.23. The van der Waals surface area contributed by atoms with Crippen LogP contribution in [0.15, 0.2) is 18.2 Å². The quantitative estimate of drug-likeness (QED) is 0.742. The van der Waals surface area contributed by atoms with E-state index in [4.69, 9.17) is 0 Å². The third-order valence-electron chi connectivity index (χ3n) is 2.57. The van der Waals surface area contributed by atoms with E-state index in [9.17, 15) is 9.18 Å². The number of ketones is 1. The van der Waals surface area contributed by atoms with E-state index in [1.807, 2.05) is 6.92 Å². The first-order valence-electron chi connectivity index (χ1n) is 4.80. The van der Waals surface area contributed by atoms with Gasteiger partial charge in [-0.05, 0) is 24.6 Å². The molecule has 14 heavy (non-hydrogen) atoms. The van der Waals surface area contributed by atoms with Crippen LogP contribution in [0.4, 0.5) is 10.1 Å². The first-order valence-corrected chi connectivity index (χ1v) is 4.80. The predicted molar refractivity (Wildman–Crippen MR) is 53.0 cm³/mol. The highest BCUT2D eigenvalue weighted by molar-refractivity contribution is 6.03. The van der Waals surface area contributed by atoms with E-state index < -0.39 is 0 Å². The smallest absolute Gasteiger partial charge is 0.167 e. The molecule has 1 unspecified atom stereocenters. The summed E-state index contributed by atoms with van der Waals surface area (Å²) in [5, 5.41) is 3.22. The van der Waals surface area contributed by atoms with Gasteiger partial charge in [-0.3, -0.25) is 4.79 Å². The maximum atomic E-state index is 12.9. The van der Waals surface area contributed by atoms with Gasteiger partial charge in [-0.1, -0.05) is 6.92 Å². The van der Waals surface area contributed by atoms with E-state index in [1.54, 1.807) is 6.07 Å². The van der Waals surface area contributed by atoms with Crippen molar-refractivity contribution in [1.29, 1.82) is 0 Å². The van der Waals surface area contributed by atoms with Crippen molar-refractivity contribution >= 4 is 11.5 Å². The Kier molecular flexibility index (Phi) is 2.23. The summed E-state index contributed by atoms with van der Waals surface area (Å²) in [6, 6.07) is 4.50. The molecule has 1 aliphatic heterocycles. The van der Waals surface area contributed by atoms with Crippen molar-refractivity contribution in [3.8, 4) is 0 Å². The number of hydrogen-bond acceptors (Lipinski definition) is 2. The van der Waals surface area contributed by atoms with Gasteiger partial charge in [0.25, 0.3) is 0 Å². The van der Waals surface area contributed by atoms with Crippen LogP contribution in [-0.4, -0.2) is 11.8 Å². The molecular formula is C11H12FNO. The van der Waals surface area contributed by atoms with Crippen molar-refractivity contribution in [2.45, 2.75) is 25.8 Å². The Morgan fingerprint density at radius 1 is 1.57 bits per heavy atom. The van der Waals surface area contributed by atoms with Crippen molar-refractivity contribution in [2.24, 2.45) is 0 Å². The van der Waals surface area contributed by atoms with E-state index in [0.717, 1.165) is 12.1 Å². The minimum Gasteiger partial charge on any atom is -0.381 e. The molecule has 1 aliphatic rings. The van der Waals surface area contributed by atoms with E-state index in [1.165, 1.54) is 12.1 Å². The van der Waals surface area contributed by atoms with Crippen LogP contribution in [0.2, 0.25) is 0 Å². The first kappa shape index (κ1) is 9.19. The Hall–Kier alpha value is -1.38. The Balaban J connectivity index is 2.40. The highest BCUT2D eigenvalue weighted by Crippen LogP contribution is 2.26. The van der Waals surface area contributed by atoms with Gasteiger partial charge < -0.3 is 5.32 Å². The molecule has 0 saturated heterocycles. The predicted octanol–water partition coefficient (Wildman–Crippen LogP) is 2.60. The van der Waals surface area contributed by atoms with Crippen LogP contribution in [0.5, 0.6) is 0 Å². The molecule has 1 aromatic carbocycles. The molecule has 3 heteroatoms. The zero-order chi connectivity index (χ0) is 10.1. The largest absolute Gasteiger partial charge is 0.381 e. The lowest BCUT2D eigenvalue weighted by Crippen LogP contribution is -2.28. The second-order valence-corrected chi connectivity index (χ2v) is 3.57. The summed E-state index contributed by atoms with van der Waals surface area (Å²) in [5.41, 5.74) is 1.24. The second kappa shape index (κ2) is 3.40. The van der Waals surface area contributed by atoms with E-state index in [-0.39, 0.29) is 17.6 Å². The minimum absolute atomic E-state index is 0.0325. The molecule has 1 heterocycles. The lowest BCUT2D eigenvalue weighted by molar-refractivity contribution is 0.0971. The summed E-state index contributed by atoms with van der Waals surface area (Å²) in [5.74, 6) is -0.320. The number of rotatable bonds is 1. The zero-order valence-corrected chi connectivity index (χ0v) is 8.01. The molecule has 0 amide bonds. The van der Waals surface area contributed by atoms with Gasteiger partial charge in [0.1, 0.15) is 5.82 Å². The number of Topliss-reactive ketones (excluding diaryl/α,β-unsaturated/α-hetero) is 1. The molecule has 0 bridgehead atoms.